The minimum atomic E-state index is -0.146. The number of aryl methyl sites for hydroxylation is 2. The van der Waals surface area contributed by atoms with Crippen LogP contribution in [-0.4, -0.2) is 39.5 Å². The third-order valence-electron chi connectivity index (χ3n) is 5.39. The number of nitrogens with zero attached hydrogens (tertiary/aromatic N) is 3. The summed E-state index contributed by atoms with van der Waals surface area (Å²) in [5.41, 5.74) is 5.31. The topological polar surface area (TPSA) is 88.4 Å². The summed E-state index contributed by atoms with van der Waals surface area (Å²) < 4.78 is 1.87. The van der Waals surface area contributed by atoms with Gasteiger partial charge in [0.2, 0.25) is 5.91 Å². The molecule has 2 amide bonds. The molecule has 4 aromatic rings. The molecular formula is C24H25N5O2. The van der Waals surface area contributed by atoms with Gasteiger partial charge in [0, 0.05) is 41.8 Å². The second-order valence-corrected chi connectivity index (χ2v) is 7.49. The maximum absolute atomic E-state index is 12.3. The third-order valence-corrected chi connectivity index (χ3v) is 5.39. The number of rotatable bonds is 7. The molecular weight excluding hydrogens is 390 g/mol. The quantitative estimate of drug-likeness (QED) is 0.454. The Bertz CT molecular complexity index is 1250. The first-order valence-corrected chi connectivity index (χ1v) is 10.4. The van der Waals surface area contributed by atoms with Crippen molar-refractivity contribution in [3.05, 3.63) is 77.1 Å². The van der Waals surface area contributed by atoms with Crippen LogP contribution in [0.2, 0.25) is 0 Å². The van der Waals surface area contributed by atoms with E-state index in [-0.39, 0.29) is 11.8 Å². The van der Waals surface area contributed by atoms with Crippen molar-refractivity contribution in [3.8, 4) is 0 Å². The van der Waals surface area contributed by atoms with Gasteiger partial charge in [0.05, 0.1) is 5.52 Å². The molecule has 0 fully saturated rings. The molecule has 0 atom stereocenters. The van der Waals surface area contributed by atoms with Crippen LogP contribution in [-0.2, 0) is 11.2 Å². The lowest BCUT2D eigenvalue weighted by Gasteiger charge is -2.11. The number of fused-ring (bicyclic) bond motifs is 3. The molecule has 0 spiro atoms. The van der Waals surface area contributed by atoms with Crippen molar-refractivity contribution in [2.45, 2.75) is 26.7 Å². The van der Waals surface area contributed by atoms with E-state index in [4.69, 9.17) is 4.98 Å². The maximum atomic E-state index is 12.3. The van der Waals surface area contributed by atoms with Crippen LogP contribution in [0.25, 0.3) is 16.6 Å². The summed E-state index contributed by atoms with van der Waals surface area (Å²) in [7, 11) is 0. The minimum absolute atomic E-state index is 0.0570. The number of aromatic nitrogens is 3. The molecule has 0 unspecified atom stereocenters. The number of carbonyl (C=O) groups is 2. The predicted octanol–water partition coefficient (Wildman–Crippen LogP) is 2.98. The fourth-order valence-electron chi connectivity index (χ4n) is 3.73. The first-order chi connectivity index (χ1) is 15.0. The molecule has 0 bridgehead atoms. The lowest BCUT2D eigenvalue weighted by Crippen LogP contribution is -2.34. The molecule has 7 heteroatoms. The van der Waals surface area contributed by atoms with Crippen LogP contribution in [0, 0.1) is 13.8 Å². The van der Waals surface area contributed by atoms with Crippen molar-refractivity contribution in [2.75, 3.05) is 13.1 Å². The third kappa shape index (κ3) is 4.40. The van der Waals surface area contributed by atoms with Crippen LogP contribution in [0.5, 0.6) is 0 Å². The standard InChI is InChI=1S/C24H25N5O2/c1-16-19(17(2)29-23(27-16)20-10-6-7-11-21(20)28-29)12-13-22(30)25-14-15-26-24(31)18-8-4-3-5-9-18/h3-11H,12-15H2,1-2H3,(H,25,30)(H,26,31). The van der Waals surface area contributed by atoms with Gasteiger partial charge in [0.15, 0.2) is 5.65 Å². The molecule has 4 rings (SSSR count). The fraction of sp³-hybridized carbons (Fsp3) is 0.250. The monoisotopic (exact) mass is 415 g/mol. The molecule has 2 N–H and O–H groups in total. The Labute approximate surface area is 180 Å². The normalized spacial score (nSPS) is 11.0. The van der Waals surface area contributed by atoms with Gasteiger partial charge in [-0.1, -0.05) is 30.3 Å². The number of benzene rings is 2. The van der Waals surface area contributed by atoms with Gasteiger partial charge in [-0.2, -0.15) is 5.10 Å². The van der Waals surface area contributed by atoms with Crippen LogP contribution in [0.1, 0.15) is 33.7 Å². The Balaban J connectivity index is 1.33. The van der Waals surface area contributed by atoms with E-state index in [0.717, 1.165) is 33.5 Å². The van der Waals surface area contributed by atoms with Gasteiger partial charge in [-0.15, -0.1) is 0 Å². The fourth-order valence-corrected chi connectivity index (χ4v) is 3.73. The number of hydrogen-bond acceptors (Lipinski definition) is 4. The van der Waals surface area contributed by atoms with E-state index in [1.54, 1.807) is 12.1 Å². The molecule has 2 aromatic heterocycles. The van der Waals surface area contributed by atoms with Crippen molar-refractivity contribution >= 4 is 28.4 Å². The van der Waals surface area contributed by atoms with Crippen LogP contribution in [0.3, 0.4) is 0 Å². The zero-order chi connectivity index (χ0) is 21.8. The van der Waals surface area contributed by atoms with Gasteiger partial charge >= 0.3 is 0 Å². The van der Waals surface area contributed by atoms with Gasteiger partial charge in [-0.3, -0.25) is 9.59 Å². The highest BCUT2D eigenvalue weighted by Gasteiger charge is 2.15. The van der Waals surface area contributed by atoms with E-state index in [9.17, 15) is 9.59 Å². The van der Waals surface area contributed by atoms with Gasteiger partial charge in [0.25, 0.3) is 5.91 Å². The van der Waals surface area contributed by atoms with Gasteiger partial charge in [0.1, 0.15) is 0 Å². The Morgan fingerprint density at radius 2 is 1.65 bits per heavy atom. The Kier molecular flexibility index (Phi) is 5.93. The second kappa shape index (κ2) is 8.95. The smallest absolute Gasteiger partial charge is 0.251 e. The van der Waals surface area contributed by atoms with Crippen LogP contribution < -0.4 is 10.6 Å². The molecule has 0 saturated heterocycles. The lowest BCUT2D eigenvalue weighted by molar-refractivity contribution is -0.121. The van der Waals surface area contributed by atoms with Gasteiger partial charge < -0.3 is 10.6 Å². The molecule has 0 saturated carbocycles. The number of hydrogen-bond donors (Lipinski definition) is 2. The SMILES string of the molecule is Cc1nc2c3ccccc3nn2c(C)c1CCC(=O)NCCNC(=O)c1ccccc1. The summed E-state index contributed by atoms with van der Waals surface area (Å²) in [6, 6.07) is 17.0. The molecule has 0 aliphatic heterocycles. The zero-order valence-corrected chi connectivity index (χ0v) is 17.7. The summed E-state index contributed by atoms with van der Waals surface area (Å²) in [4.78, 5) is 29.0. The van der Waals surface area contributed by atoms with Crippen LogP contribution >= 0.6 is 0 Å². The lowest BCUT2D eigenvalue weighted by atomic mass is 10.1. The highest BCUT2D eigenvalue weighted by atomic mass is 16.2. The average molecular weight is 415 g/mol. The molecule has 0 aliphatic rings. The molecule has 31 heavy (non-hydrogen) atoms. The number of carbonyl (C=O) groups excluding carboxylic acids is 2. The Morgan fingerprint density at radius 1 is 0.935 bits per heavy atom. The van der Waals surface area contributed by atoms with Crippen LogP contribution in [0.4, 0.5) is 0 Å². The molecule has 2 heterocycles. The van der Waals surface area contributed by atoms with Crippen molar-refractivity contribution in [2.24, 2.45) is 0 Å². The van der Waals surface area contributed by atoms with E-state index in [0.29, 0.717) is 31.5 Å². The van der Waals surface area contributed by atoms with Crippen molar-refractivity contribution < 1.29 is 9.59 Å². The summed E-state index contributed by atoms with van der Waals surface area (Å²) >= 11 is 0. The predicted molar refractivity (Wildman–Crippen MR) is 120 cm³/mol. The molecule has 7 nitrogen and oxygen atoms in total. The highest BCUT2D eigenvalue weighted by molar-refractivity contribution is 5.94. The summed E-state index contributed by atoms with van der Waals surface area (Å²) in [5.74, 6) is -0.203. The Hall–Kier alpha value is -3.74. The number of nitrogens with one attached hydrogen (secondary N) is 2. The zero-order valence-electron chi connectivity index (χ0n) is 17.7. The average Bonchev–Trinajstić information content (AvgIpc) is 3.16. The van der Waals surface area contributed by atoms with Crippen molar-refractivity contribution in [3.63, 3.8) is 0 Å². The molecule has 0 aliphatic carbocycles. The van der Waals surface area contributed by atoms with E-state index < -0.39 is 0 Å². The summed E-state index contributed by atoms with van der Waals surface area (Å²) in [6.45, 7) is 4.75. The van der Waals surface area contributed by atoms with Gasteiger partial charge in [-0.25, -0.2) is 9.50 Å². The van der Waals surface area contributed by atoms with E-state index in [1.807, 2.05) is 60.8 Å². The number of amides is 2. The largest absolute Gasteiger partial charge is 0.354 e. The second-order valence-electron chi connectivity index (χ2n) is 7.49. The maximum Gasteiger partial charge on any atom is 0.251 e. The van der Waals surface area contributed by atoms with Crippen molar-refractivity contribution in [1.29, 1.82) is 0 Å². The Morgan fingerprint density at radius 3 is 2.45 bits per heavy atom. The van der Waals surface area contributed by atoms with Crippen molar-refractivity contribution in [1.82, 2.24) is 25.2 Å². The highest BCUT2D eigenvalue weighted by Crippen LogP contribution is 2.22. The van der Waals surface area contributed by atoms with Gasteiger partial charge in [-0.05, 0) is 50.1 Å². The first-order valence-electron chi connectivity index (χ1n) is 10.4. The minimum Gasteiger partial charge on any atom is -0.354 e. The summed E-state index contributed by atoms with van der Waals surface area (Å²) in [5, 5.41) is 11.3. The van der Waals surface area contributed by atoms with E-state index in [1.165, 1.54) is 0 Å². The van der Waals surface area contributed by atoms with Crippen LogP contribution in [0.15, 0.2) is 54.6 Å². The van der Waals surface area contributed by atoms with E-state index >= 15 is 0 Å². The van der Waals surface area contributed by atoms with E-state index in [2.05, 4.69) is 15.7 Å². The molecule has 158 valence electrons. The first kappa shape index (κ1) is 20.5. The molecule has 2 aromatic carbocycles. The molecule has 0 radical (unpaired) electrons. The summed E-state index contributed by atoms with van der Waals surface area (Å²) in [6.07, 6.45) is 0.932.